The van der Waals surface area contributed by atoms with Crippen molar-refractivity contribution in [2.45, 2.75) is 20.3 Å². The molecule has 0 fully saturated rings. The van der Waals surface area contributed by atoms with Crippen molar-refractivity contribution in [3.63, 3.8) is 0 Å². The number of carboxylic acid groups (broad SMARTS) is 1. The first-order chi connectivity index (χ1) is 9.51. The zero-order chi connectivity index (χ0) is 14.7. The predicted octanol–water partition coefficient (Wildman–Crippen LogP) is 2.84. The van der Waals surface area contributed by atoms with Gasteiger partial charge in [-0.05, 0) is 37.1 Å². The molecule has 0 aliphatic heterocycles. The number of aromatic amines is 1. The summed E-state index contributed by atoms with van der Waals surface area (Å²) in [5.41, 5.74) is 2.59. The summed E-state index contributed by atoms with van der Waals surface area (Å²) >= 11 is 0. The number of carbonyl (C=O) groups excluding carboxylic acids is 1. The van der Waals surface area contributed by atoms with Gasteiger partial charge in [0.1, 0.15) is 5.69 Å². The molecule has 1 aromatic carbocycles. The average molecular weight is 272 g/mol. The number of rotatable bonds is 4. The van der Waals surface area contributed by atoms with Gasteiger partial charge >= 0.3 is 5.97 Å². The number of H-pyrrole nitrogens is 1. The van der Waals surface area contributed by atoms with E-state index >= 15 is 0 Å². The van der Waals surface area contributed by atoms with Crippen LogP contribution in [0.15, 0.2) is 30.3 Å². The number of carbonyl (C=O) groups is 2. The summed E-state index contributed by atoms with van der Waals surface area (Å²) in [6.45, 7) is 3.77. The van der Waals surface area contributed by atoms with Crippen LogP contribution in [-0.2, 0) is 6.42 Å². The summed E-state index contributed by atoms with van der Waals surface area (Å²) in [5.74, 6) is -1.43. The Balaban J connectivity index is 2.20. The van der Waals surface area contributed by atoms with Crippen molar-refractivity contribution in [2.75, 3.05) is 5.32 Å². The maximum absolute atomic E-state index is 12.1. The fourth-order valence-corrected chi connectivity index (χ4v) is 1.94. The molecular weight excluding hydrogens is 256 g/mol. The number of hydrogen-bond acceptors (Lipinski definition) is 2. The molecule has 5 nitrogen and oxygen atoms in total. The minimum absolute atomic E-state index is 0.0129. The molecular formula is C15H16N2O3. The Kier molecular flexibility index (Phi) is 3.89. The Morgan fingerprint density at radius 3 is 2.45 bits per heavy atom. The van der Waals surface area contributed by atoms with Crippen LogP contribution in [0.1, 0.15) is 39.0 Å². The molecule has 20 heavy (non-hydrogen) atoms. The highest BCUT2D eigenvalue weighted by molar-refractivity contribution is 6.07. The van der Waals surface area contributed by atoms with E-state index in [2.05, 4.69) is 10.3 Å². The van der Waals surface area contributed by atoms with E-state index in [0.717, 1.165) is 12.0 Å². The molecule has 0 unspecified atom stereocenters. The molecule has 2 rings (SSSR count). The number of benzene rings is 1. The van der Waals surface area contributed by atoms with Gasteiger partial charge in [-0.15, -0.1) is 0 Å². The highest BCUT2D eigenvalue weighted by atomic mass is 16.4. The molecule has 0 atom stereocenters. The van der Waals surface area contributed by atoms with Crippen LogP contribution in [0.2, 0.25) is 0 Å². The van der Waals surface area contributed by atoms with Gasteiger partial charge in [0.05, 0.1) is 5.69 Å². The minimum atomic E-state index is -1.10. The summed E-state index contributed by atoms with van der Waals surface area (Å²) in [6, 6.07) is 8.83. The van der Waals surface area contributed by atoms with Crippen molar-refractivity contribution in [1.29, 1.82) is 0 Å². The molecule has 2 aromatic rings. The lowest BCUT2D eigenvalue weighted by molar-refractivity contribution is 0.0692. The third-order valence-corrected chi connectivity index (χ3v) is 3.04. The molecule has 104 valence electrons. The molecule has 0 aliphatic carbocycles. The van der Waals surface area contributed by atoms with Gasteiger partial charge in [0.2, 0.25) is 0 Å². The standard InChI is InChI=1S/C15H16N2O3/c1-3-10-4-6-11(7-5-10)14(18)17-12-8-9(2)16-13(12)15(19)20/h4-8,16H,3H2,1-2H3,(H,17,18)(H,19,20). The van der Waals surface area contributed by atoms with E-state index in [1.165, 1.54) is 0 Å². The van der Waals surface area contributed by atoms with Crippen LogP contribution in [0.5, 0.6) is 0 Å². The number of carboxylic acids is 1. The van der Waals surface area contributed by atoms with Crippen molar-refractivity contribution < 1.29 is 14.7 Å². The Morgan fingerprint density at radius 1 is 1.25 bits per heavy atom. The first-order valence-electron chi connectivity index (χ1n) is 6.34. The number of nitrogens with one attached hydrogen (secondary N) is 2. The largest absolute Gasteiger partial charge is 0.477 e. The third kappa shape index (κ3) is 2.88. The fraction of sp³-hybridized carbons (Fsp3) is 0.200. The lowest BCUT2D eigenvalue weighted by atomic mass is 10.1. The number of hydrogen-bond donors (Lipinski definition) is 3. The number of aryl methyl sites for hydroxylation is 2. The minimum Gasteiger partial charge on any atom is -0.477 e. The van der Waals surface area contributed by atoms with Crippen LogP contribution in [0.25, 0.3) is 0 Å². The van der Waals surface area contributed by atoms with Crippen molar-refractivity contribution >= 4 is 17.6 Å². The second-order valence-electron chi connectivity index (χ2n) is 4.55. The summed E-state index contributed by atoms with van der Waals surface area (Å²) in [6.07, 6.45) is 0.905. The van der Waals surface area contributed by atoms with E-state index in [-0.39, 0.29) is 17.3 Å². The molecule has 3 N–H and O–H groups in total. The summed E-state index contributed by atoms with van der Waals surface area (Å²) < 4.78 is 0. The number of anilines is 1. The molecule has 1 aromatic heterocycles. The molecule has 0 spiro atoms. The average Bonchev–Trinajstić information content (AvgIpc) is 2.80. The van der Waals surface area contributed by atoms with Gasteiger partial charge in [-0.2, -0.15) is 0 Å². The van der Waals surface area contributed by atoms with E-state index in [1.807, 2.05) is 19.1 Å². The topological polar surface area (TPSA) is 82.2 Å². The maximum Gasteiger partial charge on any atom is 0.354 e. The first-order valence-corrected chi connectivity index (χ1v) is 6.34. The van der Waals surface area contributed by atoms with Gasteiger partial charge in [0.25, 0.3) is 5.91 Å². The lowest BCUT2D eigenvalue weighted by Crippen LogP contribution is -2.14. The van der Waals surface area contributed by atoms with Crippen molar-refractivity contribution in [1.82, 2.24) is 4.98 Å². The number of amides is 1. The van der Waals surface area contributed by atoms with Gasteiger partial charge < -0.3 is 15.4 Å². The monoisotopic (exact) mass is 272 g/mol. The third-order valence-electron chi connectivity index (χ3n) is 3.04. The molecule has 5 heteroatoms. The van der Waals surface area contributed by atoms with E-state index < -0.39 is 5.97 Å². The molecule has 0 saturated heterocycles. The molecule has 0 saturated carbocycles. The molecule has 0 radical (unpaired) electrons. The van der Waals surface area contributed by atoms with Gasteiger partial charge in [-0.25, -0.2) is 4.79 Å². The summed E-state index contributed by atoms with van der Waals surface area (Å²) in [5, 5.41) is 11.7. The highest BCUT2D eigenvalue weighted by Gasteiger charge is 2.16. The van der Waals surface area contributed by atoms with Crippen LogP contribution in [0.3, 0.4) is 0 Å². The summed E-state index contributed by atoms with van der Waals surface area (Å²) in [7, 11) is 0. The molecule has 0 aliphatic rings. The fourth-order valence-electron chi connectivity index (χ4n) is 1.94. The molecule has 1 heterocycles. The van der Waals surface area contributed by atoms with Crippen LogP contribution in [-0.4, -0.2) is 22.0 Å². The quantitative estimate of drug-likeness (QED) is 0.800. The van der Waals surface area contributed by atoms with E-state index in [1.54, 1.807) is 25.1 Å². The van der Waals surface area contributed by atoms with Crippen LogP contribution >= 0.6 is 0 Å². The van der Waals surface area contributed by atoms with E-state index in [4.69, 9.17) is 5.11 Å². The van der Waals surface area contributed by atoms with Crippen molar-refractivity contribution in [3.05, 3.63) is 52.8 Å². The zero-order valence-corrected chi connectivity index (χ0v) is 11.4. The van der Waals surface area contributed by atoms with Gasteiger partial charge in [0, 0.05) is 11.3 Å². The number of aromatic carboxylic acids is 1. The van der Waals surface area contributed by atoms with Gasteiger partial charge in [-0.3, -0.25) is 4.79 Å². The summed E-state index contributed by atoms with van der Waals surface area (Å²) in [4.78, 5) is 25.8. The van der Waals surface area contributed by atoms with E-state index in [0.29, 0.717) is 11.3 Å². The molecule has 0 bridgehead atoms. The normalized spacial score (nSPS) is 10.3. The van der Waals surface area contributed by atoms with Crippen LogP contribution < -0.4 is 5.32 Å². The smallest absolute Gasteiger partial charge is 0.354 e. The highest BCUT2D eigenvalue weighted by Crippen LogP contribution is 2.18. The number of aromatic nitrogens is 1. The van der Waals surface area contributed by atoms with Crippen LogP contribution in [0, 0.1) is 6.92 Å². The lowest BCUT2D eigenvalue weighted by Gasteiger charge is -2.05. The zero-order valence-electron chi connectivity index (χ0n) is 11.4. The predicted molar refractivity (Wildman–Crippen MR) is 76.3 cm³/mol. The maximum atomic E-state index is 12.1. The van der Waals surface area contributed by atoms with E-state index in [9.17, 15) is 9.59 Å². The van der Waals surface area contributed by atoms with Crippen molar-refractivity contribution in [3.8, 4) is 0 Å². The first kappa shape index (κ1) is 13.9. The Morgan fingerprint density at radius 2 is 1.90 bits per heavy atom. The van der Waals surface area contributed by atoms with Gasteiger partial charge in [-0.1, -0.05) is 19.1 Å². The van der Waals surface area contributed by atoms with Crippen molar-refractivity contribution in [2.24, 2.45) is 0 Å². The molecule has 1 amide bonds. The van der Waals surface area contributed by atoms with Gasteiger partial charge in [0.15, 0.2) is 0 Å². The second-order valence-corrected chi connectivity index (χ2v) is 4.55. The SMILES string of the molecule is CCc1ccc(C(=O)Nc2cc(C)[nH]c2C(=O)O)cc1. The Bertz CT molecular complexity index is 642. The second kappa shape index (κ2) is 5.61. The Labute approximate surface area is 116 Å². The van der Waals surface area contributed by atoms with Crippen LogP contribution in [0.4, 0.5) is 5.69 Å². The Hall–Kier alpha value is -2.56.